The third kappa shape index (κ3) is 7.68. The number of allylic oxidation sites excluding steroid dienone is 16. The van der Waals surface area contributed by atoms with Crippen molar-refractivity contribution in [3.63, 3.8) is 0 Å². The van der Waals surface area contributed by atoms with E-state index in [1.54, 1.807) is 0 Å². The summed E-state index contributed by atoms with van der Waals surface area (Å²) < 4.78 is 1.87. The first-order valence-electron chi connectivity index (χ1n) is 21.6. The molecule has 7 rings (SSSR count). The van der Waals surface area contributed by atoms with Gasteiger partial charge in [0.15, 0.2) is 0 Å². The van der Waals surface area contributed by atoms with Crippen molar-refractivity contribution >= 4 is 18.4 Å². The van der Waals surface area contributed by atoms with E-state index < -0.39 is 0 Å². The van der Waals surface area contributed by atoms with Crippen molar-refractivity contribution < 1.29 is 4.58 Å². The van der Waals surface area contributed by atoms with Crippen LogP contribution in [0.2, 0.25) is 0 Å². The quantitative estimate of drug-likeness (QED) is 0.162. The van der Waals surface area contributed by atoms with Crippen LogP contribution in [0.15, 0.2) is 175 Å². The van der Waals surface area contributed by atoms with Crippen molar-refractivity contribution in [1.82, 2.24) is 0 Å². The largest absolute Gasteiger partial charge is 0.383 e. The summed E-state index contributed by atoms with van der Waals surface area (Å²) in [4.78, 5) is 9.98. The molecule has 2 aromatic rings. The highest BCUT2D eigenvalue weighted by Crippen LogP contribution is 2.67. The Morgan fingerprint density at radius 3 is 1.92 bits per heavy atom. The van der Waals surface area contributed by atoms with Gasteiger partial charge in [-0.1, -0.05) is 121 Å². The maximum atomic E-state index is 6.59. The average molecular weight is 782 g/mol. The SMILES string of the molecule is C=C(CN=C(N)c1ccc(C(C)(C)C)cc1)C1=CC2=C(CC1)C1=C(C=C(/C(C)=C/N=C(c3ccc(C(C)(C)C)cc3)[N+](=C)C)CC1)C21C2=C(CCC=C2)C(C)=C1/C=C\C. The van der Waals surface area contributed by atoms with Crippen LogP contribution in [0.5, 0.6) is 0 Å². The van der Waals surface area contributed by atoms with E-state index in [0.29, 0.717) is 12.4 Å². The molecule has 5 aliphatic carbocycles. The Balaban J connectivity index is 1.27. The van der Waals surface area contributed by atoms with Crippen LogP contribution in [0.4, 0.5) is 0 Å². The predicted molar refractivity (Wildman–Crippen MR) is 253 cm³/mol. The predicted octanol–water partition coefficient (Wildman–Crippen LogP) is 12.8. The van der Waals surface area contributed by atoms with Crippen molar-refractivity contribution in [2.75, 3.05) is 13.6 Å². The zero-order valence-corrected chi connectivity index (χ0v) is 37.4. The molecule has 4 nitrogen and oxygen atoms in total. The van der Waals surface area contributed by atoms with Crippen molar-refractivity contribution in [3.05, 3.63) is 187 Å². The Hall–Kier alpha value is -5.35. The van der Waals surface area contributed by atoms with Gasteiger partial charge >= 0.3 is 5.84 Å². The molecule has 1 spiro atoms. The standard InChI is InChI=1S/C55H65N4/c1-13-16-47-37(4)44-17-14-15-18-48(44)55(47)49-31-40(35(2)33-57-51(56)38-19-25-42(26-20-38)53(5,6)7)23-29-45(49)46-30-24-41(32-50(46)55)36(3)34-58-52(59(11)12)39-21-27-43(28-22-39)54(8,9)10/h13,15-16,18-22,25-28,31-32,34H,2,11,14,17,23-24,29-30,33H2,1,3-10,12H3,(H2,56,57)/q+1/b16-13-,36-34+,58-52?. The highest BCUT2D eigenvalue weighted by atomic mass is 15.0. The molecule has 1 atom stereocenters. The van der Waals surface area contributed by atoms with E-state index >= 15 is 0 Å². The molecule has 0 fully saturated rings. The number of benzene rings is 2. The van der Waals surface area contributed by atoms with Gasteiger partial charge in [-0.05, 0) is 165 Å². The van der Waals surface area contributed by atoms with Crippen LogP contribution in [-0.4, -0.2) is 36.6 Å². The summed E-state index contributed by atoms with van der Waals surface area (Å²) in [5.74, 6) is 1.41. The topological polar surface area (TPSA) is 53.7 Å². The molecule has 0 radical (unpaired) electrons. The highest BCUT2D eigenvalue weighted by Gasteiger charge is 2.54. The zero-order valence-electron chi connectivity index (χ0n) is 37.4. The summed E-state index contributed by atoms with van der Waals surface area (Å²) >= 11 is 0. The maximum absolute atomic E-state index is 6.59. The minimum absolute atomic E-state index is 0.0879. The Morgan fingerprint density at radius 2 is 1.36 bits per heavy atom. The summed E-state index contributed by atoms with van der Waals surface area (Å²) in [7, 11) is 1.97. The third-order valence-electron chi connectivity index (χ3n) is 13.1. The molecule has 2 N–H and O–H groups in total. The molecule has 4 heteroatoms. The number of aliphatic imine (C=N–C) groups is 2. The minimum atomic E-state index is -0.362. The number of hydrogen-bond donors (Lipinski definition) is 1. The molecule has 0 saturated heterocycles. The molecule has 304 valence electrons. The summed E-state index contributed by atoms with van der Waals surface area (Å²) in [6, 6.07) is 17.3. The fraction of sp³-hybridized carbons (Fsp3) is 0.364. The summed E-state index contributed by atoms with van der Waals surface area (Å²) in [6.45, 7) is 29.5. The molecule has 0 aromatic heterocycles. The fourth-order valence-corrected chi connectivity index (χ4v) is 9.75. The first-order chi connectivity index (χ1) is 28.0. The first kappa shape index (κ1) is 41.8. The Labute approximate surface area is 354 Å². The lowest BCUT2D eigenvalue weighted by Crippen LogP contribution is -2.27. The number of rotatable bonds is 8. The van der Waals surface area contributed by atoms with E-state index in [1.165, 1.54) is 72.4 Å². The van der Waals surface area contributed by atoms with Crippen LogP contribution < -0.4 is 5.73 Å². The van der Waals surface area contributed by atoms with Crippen LogP contribution in [-0.2, 0) is 10.8 Å². The summed E-state index contributed by atoms with van der Waals surface area (Å²) in [5, 5.41) is 0. The van der Waals surface area contributed by atoms with Crippen LogP contribution in [0.1, 0.15) is 123 Å². The Kier molecular flexibility index (Phi) is 11.3. The van der Waals surface area contributed by atoms with E-state index in [4.69, 9.17) is 15.7 Å². The molecule has 1 unspecified atom stereocenters. The molecule has 59 heavy (non-hydrogen) atoms. The van der Waals surface area contributed by atoms with Gasteiger partial charge in [-0.25, -0.2) is 4.58 Å². The van der Waals surface area contributed by atoms with Gasteiger partial charge < -0.3 is 5.73 Å². The normalized spacial score (nSPS) is 21.4. The molecule has 0 amide bonds. The molecule has 0 bridgehead atoms. The van der Waals surface area contributed by atoms with E-state index in [2.05, 4.69) is 167 Å². The molecular weight excluding hydrogens is 717 g/mol. The van der Waals surface area contributed by atoms with Crippen LogP contribution in [0.3, 0.4) is 0 Å². The lowest BCUT2D eigenvalue weighted by Gasteiger charge is -2.37. The second-order valence-corrected chi connectivity index (χ2v) is 19.2. The third-order valence-corrected chi connectivity index (χ3v) is 13.1. The van der Waals surface area contributed by atoms with Crippen molar-refractivity contribution in [2.24, 2.45) is 21.1 Å². The summed E-state index contributed by atoms with van der Waals surface area (Å²) in [6.07, 6.45) is 22.7. The maximum Gasteiger partial charge on any atom is 0.329 e. The number of fused-ring (bicyclic) bond motifs is 4. The van der Waals surface area contributed by atoms with Gasteiger partial charge in [-0.3, -0.25) is 4.99 Å². The zero-order chi connectivity index (χ0) is 42.4. The van der Waals surface area contributed by atoms with Gasteiger partial charge in [0.2, 0.25) is 0 Å². The average Bonchev–Trinajstić information content (AvgIpc) is 3.64. The van der Waals surface area contributed by atoms with Crippen LogP contribution >= 0.6 is 0 Å². The van der Waals surface area contributed by atoms with Crippen LogP contribution in [0.25, 0.3) is 0 Å². The van der Waals surface area contributed by atoms with E-state index in [-0.39, 0.29) is 16.2 Å². The molecule has 5 aliphatic rings. The lowest BCUT2D eigenvalue weighted by molar-refractivity contribution is -0.359. The molecule has 0 aliphatic heterocycles. The molecule has 0 saturated carbocycles. The van der Waals surface area contributed by atoms with Crippen molar-refractivity contribution in [3.8, 4) is 0 Å². The Bertz CT molecular complexity index is 2460. The monoisotopic (exact) mass is 782 g/mol. The molecule has 2 aromatic carbocycles. The van der Waals surface area contributed by atoms with E-state index in [0.717, 1.165) is 61.1 Å². The number of amidine groups is 2. The van der Waals surface area contributed by atoms with Crippen molar-refractivity contribution in [2.45, 2.75) is 112 Å². The van der Waals surface area contributed by atoms with Crippen LogP contribution in [0, 0.1) is 5.41 Å². The lowest BCUT2D eigenvalue weighted by atomic mass is 9.64. The van der Waals surface area contributed by atoms with Gasteiger partial charge in [0.05, 0.1) is 31.3 Å². The number of nitrogens with two attached hydrogens (primary N) is 1. The van der Waals surface area contributed by atoms with Crippen molar-refractivity contribution in [1.29, 1.82) is 0 Å². The van der Waals surface area contributed by atoms with E-state index in [9.17, 15) is 0 Å². The number of nitrogens with zero attached hydrogens (tertiary/aromatic N) is 3. The molecular formula is C55H65N4+. The minimum Gasteiger partial charge on any atom is -0.383 e. The highest BCUT2D eigenvalue weighted by molar-refractivity contribution is 5.97. The first-order valence-corrected chi connectivity index (χ1v) is 21.6. The van der Waals surface area contributed by atoms with E-state index in [1.807, 2.05) is 11.6 Å². The van der Waals surface area contributed by atoms with Gasteiger partial charge in [0.25, 0.3) is 0 Å². The van der Waals surface area contributed by atoms with Gasteiger partial charge in [0, 0.05) is 5.56 Å². The second-order valence-electron chi connectivity index (χ2n) is 19.2. The second kappa shape index (κ2) is 16.0. The van der Waals surface area contributed by atoms with Gasteiger partial charge in [0.1, 0.15) is 12.0 Å². The smallest absolute Gasteiger partial charge is 0.329 e. The summed E-state index contributed by atoms with van der Waals surface area (Å²) in [5.41, 5.74) is 27.6. The number of hydrogen-bond acceptors (Lipinski definition) is 2. The Morgan fingerprint density at radius 1 is 0.797 bits per heavy atom. The molecule has 0 heterocycles. The fourth-order valence-electron chi connectivity index (χ4n) is 9.75. The van der Waals surface area contributed by atoms with Gasteiger partial charge in [-0.15, -0.1) is 0 Å². The van der Waals surface area contributed by atoms with Gasteiger partial charge in [-0.2, -0.15) is 0 Å².